The molecule has 162 valence electrons. The first kappa shape index (κ1) is 22.7. The van der Waals surface area contributed by atoms with E-state index in [1.54, 1.807) is 30.3 Å². The highest BCUT2D eigenvalue weighted by Gasteiger charge is 2.13. The molecule has 9 heteroatoms. The normalized spacial score (nSPS) is 11.2. The summed E-state index contributed by atoms with van der Waals surface area (Å²) in [6, 6.07) is 12.2. The summed E-state index contributed by atoms with van der Waals surface area (Å²) < 4.78 is 45.3. The van der Waals surface area contributed by atoms with E-state index in [0.29, 0.717) is 27.3 Å². The molecular formula is C22H16Cl2F2O5. The van der Waals surface area contributed by atoms with Crippen LogP contribution in [0.15, 0.2) is 59.0 Å². The maximum Gasteiger partial charge on any atom is 0.387 e. The summed E-state index contributed by atoms with van der Waals surface area (Å²) in [4.78, 5) is 12.4. The highest BCUT2D eigenvalue weighted by Crippen LogP contribution is 2.30. The van der Waals surface area contributed by atoms with Gasteiger partial charge in [-0.05, 0) is 54.6 Å². The summed E-state index contributed by atoms with van der Waals surface area (Å²) in [6.45, 7) is -2.84. The standard InChI is InChI=1S/C22H16Cl2F2O5/c1-28-21-10-13(2-9-20(21)31-22(25)26)19(27)8-6-14-3-4-16(30-14)12-29-15-5-7-17(23)18(24)11-15/h2-11,22H,12H2,1H3/b8-6+. The largest absolute Gasteiger partial charge is 0.493 e. The molecule has 0 aliphatic carbocycles. The monoisotopic (exact) mass is 468 g/mol. The van der Waals surface area contributed by atoms with Crippen LogP contribution in [-0.4, -0.2) is 19.5 Å². The van der Waals surface area contributed by atoms with Crippen LogP contribution in [-0.2, 0) is 6.61 Å². The maximum absolute atomic E-state index is 12.4. The number of halogens is 4. The number of benzene rings is 2. The van der Waals surface area contributed by atoms with Gasteiger partial charge in [-0.25, -0.2) is 0 Å². The van der Waals surface area contributed by atoms with E-state index >= 15 is 0 Å². The van der Waals surface area contributed by atoms with Gasteiger partial charge in [0.05, 0.1) is 17.2 Å². The molecular weight excluding hydrogens is 453 g/mol. The predicted molar refractivity (Wildman–Crippen MR) is 112 cm³/mol. The lowest BCUT2D eigenvalue weighted by atomic mass is 10.1. The number of hydrogen-bond donors (Lipinski definition) is 0. The number of allylic oxidation sites excluding steroid dienone is 1. The first-order valence-electron chi connectivity index (χ1n) is 8.87. The van der Waals surface area contributed by atoms with E-state index in [9.17, 15) is 13.6 Å². The summed E-state index contributed by atoms with van der Waals surface area (Å²) in [7, 11) is 1.29. The number of ether oxygens (including phenoxy) is 3. The van der Waals surface area contributed by atoms with E-state index < -0.39 is 6.61 Å². The Morgan fingerprint density at radius 1 is 1.06 bits per heavy atom. The van der Waals surface area contributed by atoms with Crippen molar-refractivity contribution in [2.45, 2.75) is 13.2 Å². The molecule has 0 amide bonds. The maximum atomic E-state index is 12.4. The Bertz CT molecular complexity index is 1100. The van der Waals surface area contributed by atoms with Crippen molar-refractivity contribution in [2.75, 3.05) is 7.11 Å². The smallest absolute Gasteiger partial charge is 0.387 e. The fourth-order valence-electron chi connectivity index (χ4n) is 2.55. The van der Waals surface area contributed by atoms with Gasteiger partial charge in [-0.2, -0.15) is 8.78 Å². The Labute approximate surface area is 186 Å². The number of methoxy groups -OCH3 is 1. The number of carbonyl (C=O) groups is 1. The van der Waals surface area contributed by atoms with Crippen LogP contribution in [0.2, 0.25) is 10.0 Å². The molecule has 0 saturated carbocycles. The zero-order valence-corrected chi connectivity index (χ0v) is 17.6. The average Bonchev–Trinajstić information content (AvgIpc) is 3.20. The fraction of sp³-hybridized carbons (Fsp3) is 0.136. The first-order valence-corrected chi connectivity index (χ1v) is 9.63. The highest BCUT2D eigenvalue weighted by molar-refractivity contribution is 6.42. The molecule has 0 unspecified atom stereocenters. The van der Waals surface area contributed by atoms with Crippen molar-refractivity contribution in [3.8, 4) is 17.2 Å². The van der Waals surface area contributed by atoms with Gasteiger partial charge in [0.25, 0.3) is 0 Å². The van der Waals surface area contributed by atoms with Gasteiger partial charge in [0.15, 0.2) is 17.3 Å². The van der Waals surface area contributed by atoms with Crippen LogP contribution in [0.1, 0.15) is 21.9 Å². The minimum absolute atomic E-state index is 0.0271. The van der Waals surface area contributed by atoms with Gasteiger partial charge in [-0.1, -0.05) is 23.2 Å². The number of hydrogen-bond acceptors (Lipinski definition) is 5. The van der Waals surface area contributed by atoms with Gasteiger partial charge in [-0.3, -0.25) is 4.79 Å². The number of carbonyl (C=O) groups excluding carboxylic acids is 1. The third kappa shape index (κ3) is 6.23. The molecule has 0 saturated heterocycles. The summed E-state index contributed by atoms with van der Waals surface area (Å²) in [5.74, 6) is 1.01. The van der Waals surface area contributed by atoms with E-state index in [0.717, 1.165) is 0 Å². The Balaban J connectivity index is 1.62. The van der Waals surface area contributed by atoms with Crippen molar-refractivity contribution in [2.24, 2.45) is 0 Å². The van der Waals surface area contributed by atoms with Crippen molar-refractivity contribution in [3.05, 3.63) is 81.7 Å². The van der Waals surface area contributed by atoms with Crippen molar-refractivity contribution < 1.29 is 32.2 Å². The lowest BCUT2D eigenvalue weighted by molar-refractivity contribution is -0.0512. The van der Waals surface area contributed by atoms with Gasteiger partial charge in [0.2, 0.25) is 0 Å². The van der Waals surface area contributed by atoms with E-state index in [2.05, 4.69) is 4.74 Å². The molecule has 0 bridgehead atoms. The Morgan fingerprint density at radius 2 is 1.87 bits per heavy atom. The second kappa shape index (κ2) is 10.3. The zero-order valence-electron chi connectivity index (χ0n) is 16.1. The predicted octanol–water partition coefficient (Wildman–Crippen LogP) is 6.67. The summed E-state index contributed by atoms with van der Waals surface area (Å²) in [5, 5.41) is 0.809. The summed E-state index contributed by atoms with van der Waals surface area (Å²) in [5.41, 5.74) is 0.240. The van der Waals surface area contributed by atoms with Gasteiger partial charge >= 0.3 is 6.61 Å². The van der Waals surface area contributed by atoms with E-state index in [-0.39, 0.29) is 29.5 Å². The average molecular weight is 469 g/mol. The molecule has 0 N–H and O–H groups in total. The summed E-state index contributed by atoms with van der Waals surface area (Å²) >= 11 is 11.8. The molecule has 0 atom stereocenters. The van der Waals surface area contributed by atoms with Crippen LogP contribution in [0.25, 0.3) is 6.08 Å². The molecule has 2 aromatic carbocycles. The SMILES string of the molecule is COc1cc(C(=O)/C=C/c2ccc(COc3ccc(Cl)c(Cl)c3)o2)ccc1OC(F)F. The van der Waals surface area contributed by atoms with Crippen LogP contribution in [0, 0.1) is 0 Å². The lowest BCUT2D eigenvalue weighted by Crippen LogP contribution is -2.04. The first-order chi connectivity index (χ1) is 14.9. The van der Waals surface area contributed by atoms with Crippen LogP contribution in [0.5, 0.6) is 17.2 Å². The molecule has 0 fully saturated rings. The van der Waals surface area contributed by atoms with Crippen molar-refractivity contribution >= 4 is 35.1 Å². The van der Waals surface area contributed by atoms with Crippen LogP contribution >= 0.6 is 23.2 Å². The van der Waals surface area contributed by atoms with Crippen molar-refractivity contribution in [1.29, 1.82) is 0 Å². The van der Waals surface area contributed by atoms with E-state index in [4.69, 9.17) is 37.1 Å². The lowest BCUT2D eigenvalue weighted by Gasteiger charge is -2.10. The van der Waals surface area contributed by atoms with Crippen molar-refractivity contribution in [1.82, 2.24) is 0 Å². The van der Waals surface area contributed by atoms with Crippen molar-refractivity contribution in [3.63, 3.8) is 0 Å². The van der Waals surface area contributed by atoms with E-state index in [1.165, 1.54) is 37.5 Å². The molecule has 5 nitrogen and oxygen atoms in total. The van der Waals surface area contributed by atoms with E-state index in [1.807, 2.05) is 0 Å². The molecule has 1 aromatic heterocycles. The number of furan rings is 1. The Kier molecular flexibility index (Phi) is 7.55. The second-order valence-electron chi connectivity index (χ2n) is 6.11. The van der Waals surface area contributed by atoms with Gasteiger partial charge in [0, 0.05) is 11.6 Å². The topological polar surface area (TPSA) is 57.9 Å². The van der Waals surface area contributed by atoms with Gasteiger partial charge in [0.1, 0.15) is 23.9 Å². The molecule has 1 heterocycles. The fourth-order valence-corrected chi connectivity index (χ4v) is 2.84. The Hall–Kier alpha value is -3.03. The number of alkyl halides is 2. The third-order valence-corrected chi connectivity index (χ3v) is 4.76. The molecule has 31 heavy (non-hydrogen) atoms. The summed E-state index contributed by atoms with van der Waals surface area (Å²) in [6.07, 6.45) is 2.78. The molecule has 0 aliphatic rings. The molecule has 0 spiro atoms. The molecule has 3 rings (SSSR count). The molecule has 0 aliphatic heterocycles. The minimum atomic E-state index is -3.00. The Morgan fingerprint density at radius 3 is 2.58 bits per heavy atom. The molecule has 3 aromatic rings. The number of rotatable bonds is 9. The zero-order chi connectivity index (χ0) is 22.4. The minimum Gasteiger partial charge on any atom is -0.493 e. The van der Waals surface area contributed by atoms with Crippen LogP contribution < -0.4 is 14.2 Å². The van der Waals surface area contributed by atoms with Crippen LogP contribution in [0.3, 0.4) is 0 Å². The van der Waals surface area contributed by atoms with Crippen LogP contribution in [0.4, 0.5) is 8.78 Å². The molecule has 0 radical (unpaired) electrons. The second-order valence-corrected chi connectivity index (χ2v) is 6.92. The highest BCUT2D eigenvalue weighted by atomic mass is 35.5. The van der Waals surface area contributed by atoms with Gasteiger partial charge in [-0.15, -0.1) is 0 Å². The quantitative estimate of drug-likeness (QED) is 0.259. The third-order valence-electron chi connectivity index (χ3n) is 4.02. The van der Waals surface area contributed by atoms with Gasteiger partial charge < -0.3 is 18.6 Å². The number of ketones is 1.